The van der Waals surface area contributed by atoms with E-state index in [0.717, 1.165) is 16.9 Å². The van der Waals surface area contributed by atoms with Gasteiger partial charge in [-0.1, -0.05) is 26.0 Å². The molecule has 0 aliphatic carbocycles. The minimum absolute atomic E-state index is 0. The molecule has 0 bridgehead atoms. The first-order valence-electron chi connectivity index (χ1n) is 8.01. The van der Waals surface area contributed by atoms with Gasteiger partial charge in [0.05, 0.1) is 18.2 Å². The number of rotatable bonds is 6. The first-order valence-corrected chi connectivity index (χ1v) is 8.01. The Kier molecular flexibility index (Phi) is 9.63. The van der Waals surface area contributed by atoms with Crippen LogP contribution in [-0.2, 0) is 0 Å². The molecule has 0 saturated heterocycles. The first-order chi connectivity index (χ1) is 11.4. The van der Waals surface area contributed by atoms with Crippen LogP contribution in [0.25, 0.3) is 11.1 Å². The number of carbonyl (C=O) groups excluding carboxylic acids is 1. The van der Waals surface area contributed by atoms with E-state index in [0.29, 0.717) is 12.1 Å². The van der Waals surface area contributed by atoms with Gasteiger partial charge < -0.3 is 15.8 Å². The van der Waals surface area contributed by atoms with Crippen molar-refractivity contribution in [3.8, 4) is 16.9 Å². The van der Waals surface area contributed by atoms with Crippen LogP contribution in [0, 0.1) is 5.92 Å². The van der Waals surface area contributed by atoms with Crippen molar-refractivity contribution >= 4 is 30.7 Å². The number of carbonyl (C=O) groups is 1. The Morgan fingerprint density at radius 3 is 2.31 bits per heavy atom. The van der Waals surface area contributed by atoms with Crippen LogP contribution in [0.3, 0.4) is 0 Å². The smallest absolute Gasteiger partial charge is 0.253 e. The van der Waals surface area contributed by atoms with Crippen molar-refractivity contribution in [1.29, 1.82) is 0 Å². The van der Waals surface area contributed by atoms with E-state index >= 15 is 0 Å². The van der Waals surface area contributed by atoms with Crippen molar-refractivity contribution in [2.24, 2.45) is 11.7 Å². The van der Waals surface area contributed by atoms with Gasteiger partial charge in [-0.25, -0.2) is 0 Å². The van der Waals surface area contributed by atoms with Gasteiger partial charge in [0.1, 0.15) is 5.75 Å². The number of halogens is 2. The third-order valence-electron chi connectivity index (χ3n) is 4.52. The van der Waals surface area contributed by atoms with Crippen LogP contribution >= 0.6 is 24.8 Å². The molecule has 7 heteroatoms. The summed E-state index contributed by atoms with van der Waals surface area (Å²) in [5.41, 5.74) is 7.76. The summed E-state index contributed by atoms with van der Waals surface area (Å²) < 4.78 is 5.17. The normalized spacial score (nSPS) is 12.4. The summed E-state index contributed by atoms with van der Waals surface area (Å²) in [6, 6.07) is 9.48. The second-order valence-corrected chi connectivity index (χ2v) is 6.42. The summed E-state index contributed by atoms with van der Waals surface area (Å²) in [5.74, 6) is 0.847. The summed E-state index contributed by atoms with van der Waals surface area (Å²) >= 11 is 0. The molecule has 5 nitrogen and oxygen atoms in total. The Labute approximate surface area is 167 Å². The number of pyridine rings is 1. The molecule has 0 fully saturated rings. The molecular weight excluding hydrogens is 373 g/mol. The first kappa shape index (κ1) is 24.2. The van der Waals surface area contributed by atoms with Gasteiger partial charge in [-0.2, -0.15) is 0 Å². The maximum atomic E-state index is 12.6. The van der Waals surface area contributed by atoms with Crippen molar-refractivity contribution < 1.29 is 9.53 Å². The molecule has 2 rings (SSSR count). The quantitative estimate of drug-likeness (QED) is 0.775. The molecule has 26 heavy (non-hydrogen) atoms. The summed E-state index contributed by atoms with van der Waals surface area (Å²) in [7, 11) is 1.63. The standard InChI is InChI=1S/C19H25N3O2.2ClH/c1-13(2)19(3,12-20)22-18(23)16-9-15(10-21-11-16)14-5-7-17(24-4)8-6-14;;/h5-11,13H,12,20H2,1-4H3,(H,22,23);2*1H. The maximum absolute atomic E-state index is 12.6. The van der Waals surface area contributed by atoms with Gasteiger partial charge in [0.2, 0.25) is 0 Å². The molecule has 0 spiro atoms. The van der Waals surface area contributed by atoms with Gasteiger partial charge >= 0.3 is 0 Å². The van der Waals surface area contributed by atoms with E-state index in [1.807, 2.05) is 51.1 Å². The number of nitrogens with zero attached hydrogens (tertiary/aromatic N) is 1. The molecule has 2 aromatic rings. The zero-order valence-electron chi connectivity index (χ0n) is 15.5. The Balaban J connectivity index is 0.00000312. The Morgan fingerprint density at radius 1 is 1.19 bits per heavy atom. The van der Waals surface area contributed by atoms with Crippen LogP contribution in [0.4, 0.5) is 0 Å². The third-order valence-corrected chi connectivity index (χ3v) is 4.52. The molecule has 1 aromatic heterocycles. The fraction of sp³-hybridized carbons (Fsp3) is 0.368. The van der Waals surface area contributed by atoms with Crippen LogP contribution in [0.2, 0.25) is 0 Å². The van der Waals surface area contributed by atoms with E-state index in [1.165, 1.54) is 0 Å². The Hall–Kier alpha value is -1.82. The van der Waals surface area contributed by atoms with E-state index in [1.54, 1.807) is 19.5 Å². The van der Waals surface area contributed by atoms with Gasteiger partial charge in [-0.15, -0.1) is 24.8 Å². The SMILES string of the molecule is COc1ccc(-c2cncc(C(=O)NC(C)(CN)C(C)C)c2)cc1.Cl.Cl. The van der Waals surface area contributed by atoms with Crippen LogP contribution < -0.4 is 15.8 Å². The molecule has 1 amide bonds. The van der Waals surface area contributed by atoms with Crippen molar-refractivity contribution in [1.82, 2.24) is 10.3 Å². The number of ether oxygens (including phenoxy) is 1. The van der Waals surface area contributed by atoms with E-state index in [2.05, 4.69) is 10.3 Å². The third kappa shape index (κ3) is 5.59. The van der Waals surface area contributed by atoms with E-state index in [9.17, 15) is 4.79 Å². The molecule has 1 unspecified atom stereocenters. The van der Waals surface area contributed by atoms with Crippen LogP contribution in [0.1, 0.15) is 31.1 Å². The van der Waals surface area contributed by atoms with Gasteiger partial charge in [0.25, 0.3) is 5.91 Å². The Bertz CT molecular complexity index is 708. The lowest BCUT2D eigenvalue weighted by atomic mass is 9.88. The van der Waals surface area contributed by atoms with Crippen molar-refractivity contribution in [2.45, 2.75) is 26.3 Å². The van der Waals surface area contributed by atoms with E-state index in [4.69, 9.17) is 10.5 Å². The molecule has 1 aromatic carbocycles. The number of nitrogens with two attached hydrogens (primary N) is 1. The second kappa shape index (κ2) is 10.4. The zero-order valence-corrected chi connectivity index (χ0v) is 17.1. The zero-order chi connectivity index (χ0) is 17.7. The van der Waals surface area contributed by atoms with Crippen LogP contribution in [-0.4, -0.2) is 30.1 Å². The number of amides is 1. The predicted octanol–water partition coefficient (Wildman–Crippen LogP) is 3.70. The number of aromatic nitrogens is 1. The minimum Gasteiger partial charge on any atom is -0.497 e. The Morgan fingerprint density at radius 2 is 1.81 bits per heavy atom. The number of nitrogens with one attached hydrogen (secondary N) is 1. The number of benzene rings is 1. The highest BCUT2D eigenvalue weighted by Gasteiger charge is 2.29. The van der Waals surface area contributed by atoms with Gasteiger partial charge in [0, 0.05) is 24.5 Å². The molecule has 0 aliphatic rings. The highest BCUT2D eigenvalue weighted by atomic mass is 35.5. The average Bonchev–Trinajstić information content (AvgIpc) is 2.61. The number of hydrogen-bond acceptors (Lipinski definition) is 4. The summed E-state index contributed by atoms with van der Waals surface area (Å²) in [6.45, 7) is 6.41. The molecule has 0 aliphatic heterocycles. The van der Waals surface area contributed by atoms with E-state index in [-0.39, 0.29) is 36.6 Å². The van der Waals surface area contributed by atoms with Crippen molar-refractivity contribution in [3.05, 3.63) is 48.3 Å². The largest absolute Gasteiger partial charge is 0.497 e. The topological polar surface area (TPSA) is 77.2 Å². The summed E-state index contributed by atoms with van der Waals surface area (Å²) in [5, 5.41) is 3.03. The highest BCUT2D eigenvalue weighted by molar-refractivity contribution is 5.95. The molecule has 0 radical (unpaired) electrons. The number of methoxy groups -OCH3 is 1. The van der Waals surface area contributed by atoms with Gasteiger partial charge in [0.15, 0.2) is 0 Å². The molecule has 144 valence electrons. The molecular formula is C19H27Cl2N3O2. The number of hydrogen-bond donors (Lipinski definition) is 2. The van der Waals surface area contributed by atoms with Gasteiger partial charge in [-0.05, 0) is 36.6 Å². The maximum Gasteiger partial charge on any atom is 0.253 e. The summed E-state index contributed by atoms with van der Waals surface area (Å²) in [4.78, 5) is 16.8. The van der Waals surface area contributed by atoms with Crippen molar-refractivity contribution in [2.75, 3.05) is 13.7 Å². The lowest BCUT2D eigenvalue weighted by molar-refractivity contribution is 0.0883. The molecule has 0 saturated carbocycles. The monoisotopic (exact) mass is 399 g/mol. The highest BCUT2D eigenvalue weighted by Crippen LogP contribution is 2.23. The second-order valence-electron chi connectivity index (χ2n) is 6.42. The van der Waals surface area contributed by atoms with Crippen molar-refractivity contribution in [3.63, 3.8) is 0 Å². The van der Waals surface area contributed by atoms with Gasteiger partial charge in [-0.3, -0.25) is 9.78 Å². The lowest BCUT2D eigenvalue weighted by Gasteiger charge is -2.33. The minimum atomic E-state index is -0.451. The molecule has 3 N–H and O–H groups in total. The summed E-state index contributed by atoms with van der Waals surface area (Å²) in [6.07, 6.45) is 3.31. The van der Waals surface area contributed by atoms with E-state index < -0.39 is 5.54 Å². The predicted molar refractivity (Wildman–Crippen MR) is 110 cm³/mol. The fourth-order valence-electron chi connectivity index (χ4n) is 2.27. The lowest BCUT2D eigenvalue weighted by Crippen LogP contribution is -2.55. The molecule has 1 heterocycles. The van der Waals surface area contributed by atoms with Crippen LogP contribution in [0.5, 0.6) is 5.75 Å². The van der Waals surface area contributed by atoms with Crippen LogP contribution in [0.15, 0.2) is 42.7 Å². The average molecular weight is 400 g/mol. The fourth-order valence-corrected chi connectivity index (χ4v) is 2.27. The molecule has 1 atom stereocenters.